The van der Waals surface area contributed by atoms with E-state index in [1.54, 1.807) is 0 Å². The number of nitrogens with zero attached hydrogens (tertiary/aromatic N) is 1. The molecule has 0 aliphatic carbocycles. The molecule has 0 radical (unpaired) electrons. The summed E-state index contributed by atoms with van der Waals surface area (Å²) in [5, 5.41) is 14.6. The Labute approximate surface area is 218 Å². The maximum absolute atomic E-state index is 7.31. The van der Waals surface area contributed by atoms with Crippen molar-refractivity contribution in [3.8, 4) is 16.2 Å². The van der Waals surface area contributed by atoms with Crippen molar-refractivity contribution >= 4 is 81.0 Å². The fourth-order valence-corrected chi connectivity index (χ4v) is 7.55. The summed E-state index contributed by atoms with van der Waals surface area (Å²) >= 11 is 1.84. The summed E-state index contributed by atoms with van der Waals surface area (Å²) in [4.78, 5) is 4.79. The Morgan fingerprint density at radius 2 is 1.38 bits per heavy atom. The molecule has 0 aliphatic heterocycles. The highest BCUT2D eigenvalue weighted by Gasteiger charge is 2.27. The SMILES string of the molecule is [C-]#[N+]c1ccc(-c2cc3c4cc(C)c5ccc6ccc7c(OC(C)(C)C)cc(c3s2)c2c7c6c5c42)cc1. The minimum atomic E-state index is -0.298. The Hall–Kier alpha value is -4.13. The van der Waals surface area contributed by atoms with Crippen LogP contribution in [0.1, 0.15) is 26.3 Å². The predicted octanol–water partition coefficient (Wildman–Crippen LogP) is 10.7. The summed E-state index contributed by atoms with van der Waals surface area (Å²) in [6.07, 6.45) is 0. The molecule has 0 atom stereocenters. The predicted molar refractivity (Wildman–Crippen MR) is 160 cm³/mol. The number of rotatable bonds is 2. The second-order valence-electron chi connectivity index (χ2n) is 11.2. The topological polar surface area (TPSA) is 13.6 Å². The first-order chi connectivity index (χ1) is 17.8. The minimum absolute atomic E-state index is 0.298. The van der Waals surface area contributed by atoms with E-state index >= 15 is 0 Å². The van der Waals surface area contributed by atoms with Crippen molar-refractivity contribution in [2.45, 2.75) is 33.3 Å². The van der Waals surface area contributed by atoms with Gasteiger partial charge in [0.1, 0.15) is 11.4 Å². The van der Waals surface area contributed by atoms with Crippen LogP contribution in [0.2, 0.25) is 0 Å². The van der Waals surface area contributed by atoms with Crippen LogP contribution in [0.25, 0.3) is 79.2 Å². The van der Waals surface area contributed by atoms with Gasteiger partial charge in [-0.25, -0.2) is 4.85 Å². The third-order valence-electron chi connectivity index (χ3n) is 7.77. The third-order valence-corrected chi connectivity index (χ3v) is 8.98. The molecule has 0 aliphatic rings. The Balaban J connectivity index is 1.61. The summed E-state index contributed by atoms with van der Waals surface area (Å²) in [6.45, 7) is 15.9. The maximum atomic E-state index is 7.31. The number of benzene rings is 6. The number of thiophene rings is 1. The van der Waals surface area contributed by atoms with Gasteiger partial charge in [0, 0.05) is 36.5 Å². The van der Waals surface area contributed by atoms with Crippen molar-refractivity contribution in [1.82, 2.24) is 0 Å². The quantitative estimate of drug-likeness (QED) is 0.172. The van der Waals surface area contributed by atoms with E-state index in [2.05, 4.69) is 87.1 Å². The molecule has 0 saturated heterocycles. The molecule has 176 valence electrons. The zero-order chi connectivity index (χ0) is 25.2. The number of hydrogen-bond donors (Lipinski definition) is 0. The minimum Gasteiger partial charge on any atom is -0.487 e. The fourth-order valence-electron chi connectivity index (χ4n) is 6.35. The van der Waals surface area contributed by atoms with Crippen molar-refractivity contribution in [1.29, 1.82) is 0 Å². The molecule has 8 rings (SSSR count). The smallest absolute Gasteiger partial charge is 0.187 e. The molecule has 3 heteroatoms. The standard InChI is InChI=1S/C34H23NOS/c1-17-14-23-24-16-27(18-6-10-20(35-5)11-7-18)37-33(24)25-15-26(36-34(2,3)4)22-13-9-19-8-12-21(17)29-28(19)30(22)32(25)31(23)29/h6-16H,1-4H3. The van der Waals surface area contributed by atoms with E-state index in [9.17, 15) is 0 Å². The lowest BCUT2D eigenvalue weighted by molar-refractivity contribution is 0.133. The van der Waals surface area contributed by atoms with Gasteiger partial charge in [0.05, 0.1) is 6.57 Å². The summed E-state index contributed by atoms with van der Waals surface area (Å²) in [7, 11) is 0. The van der Waals surface area contributed by atoms with Gasteiger partial charge < -0.3 is 4.74 Å². The largest absolute Gasteiger partial charge is 0.487 e. The summed E-state index contributed by atoms with van der Waals surface area (Å²) < 4.78 is 7.92. The van der Waals surface area contributed by atoms with Gasteiger partial charge in [0.2, 0.25) is 0 Å². The summed E-state index contributed by atoms with van der Waals surface area (Å²) in [5.41, 5.74) is 2.84. The zero-order valence-electron chi connectivity index (χ0n) is 21.1. The Morgan fingerprint density at radius 1 is 0.703 bits per heavy atom. The van der Waals surface area contributed by atoms with Gasteiger partial charge in [-0.05, 0) is 89.3 Å². The molecule has 2 nitrogen and oxygen atoms in total. The highest BCUT2D eigenvalue weighted by molar-refractivity contribution is 7.23. The normalized spacial score (nSPS) is 12.8. The number of hydrogen-bond acceptors (Lipinski definition) is 2. The first-order valence-electron chi connectivity index (χ1n) is 12.6. The second-order valence-corrected chi connectivity index (χ2v) is 12.3. The lowest BCUT2D eigenvalue weighted by Crippen LogP contribution is -2.23. The van der Waals surface area contributed by atoms with E-state index in [1.165, 1.54) is 74.4 Å². The molecular formula is C34H23NOS. The molecule has 1 aromatic heterocycles. The zero-order valence-corrected chi connectivity index (χ0v) is 21.9. The van der Waals surface area contributed by atoms with Crippen molar-refractivity contribution in [3.63, 3.8) is 0 Å². The monoisotopic (exact) mass is 493 g/mol. The first kappa shape index (κ1) is 21.0. The Bertz CT molecular complexity index is 2200. The molecule has 0 saturated carbocycles. The third kappa shape index (κ3) is 2.69. The van der Waals surface area contributed by atoms with Gasteiger partial charge in [0.15, 0.2) is 5.69 Å². The second kappa shape index (κ2) is 6.79. The molecule has 0 amide bonds. The summed E-state index contributed by atoms with van der Waals surface area (Å²) in [5.74, 6) is 0.954. The molecule has 7 aromatic carbocycles. The van der Waals surface area contributed by atoms with Crippen molar-refractivity contribution in [3.05, 3.63) is 83.7 Å². The van der Waals surface area contributed by atoms with Crippen LogP contribution in [0.4, 0.5) is 5.69 Å². The molecule has 0 unspecified atom stereocenters. The number of fused-ring (bicyclic) bond motifs is 3. The van der Waals surface area contributed by atoms with Crippen LogP contribution in [0.15, 0.2) is 66.7 Å². The van der Waals surface area contributed by atoms with Gasteiger partial charge in [-0.3, -0.25) is 0 Å². The van der Waals surface area contributed by atoms with E-state index in [0.29, 0.717) is 5.69 Å². The molecule has 0 spiro atoms. The first-order valence-corrected chi connectivity index (χ1v) is 13.5. The molecular weight excluding hydrogens is 470 g/mol. The van der Waals surface area contributed by atoms with Crippen LogP contribution in [0.3, 0.4) is 0 Å². The fraction of sp³-hybridized carbons (Fsp3) is 0.147. The molecule has 0 N–H and O–H groups in total. The van der Waals surface area contributed by atoms with Gasteiger partial charge >= 0.3 is 0 Å². The molecule has 0 fully saturated rings. The van der Waals surface area contributed by atoms with Crippen LogP contribution in [-0.4, -0.2) is 5.60 Å². The number of aryl methyl sites for hydroxylation is 1. The van der Waals surface area contributed by atoms with Crippen LogP contribution in [0, 0.1) is 13.5 Å². The number of ether oxygens (including phenoxy) is 1. The maximum Gasteiger partial charge on any atom is 0.187 e. The van der Waals surface area contributed by atoms with E-state index in [-0.39, 0.29) is 5.60 Å². The van der Waals surface area contributed by atoms with E-state index in [0.717, 1.165) is 11.3 Å². The van der Waals surface area contributed by atoms with Crippen molar-refractivity contribution in [2.24, 2.45) is 0 Å². The molecule has 0 bridgehead atoms. The van der Waals surface area contributed by atoms with E-state index in [1.807, 2.05) is 23.5 Å². The van der Waals surface area contributed by atoms with Crippen LogP contribution >= 0.6 is 11.3 Å². The van der Waals surface area contributed by atoms with Crippen molar-refractivity contribution < 1.29 is 4.74 Å². The van der Waals surface area contributed by atoms with Crippen molar-refractivity contribution in [2.75, 3.05) is 0 Å². The van der Waals surface area contributed by atoms with Gasteiger partial charge in [-0.15, -0.1) is 11.3 Å². The lowest BCUT2D eigenvalue weighted by Gasteiger charge is -2.23. The van der Waals surface area contributed by atoms with Crippen LogP contribution in [-0.2, 0) is 0 Å². The van der Waals surface area contributed by atoms with Gasteiger partial charge in [-0.2, -0.15) is 0 Å². The molecule has 8 aromatic rings. The van der Waals surface area contributed by atoms with E-state index in [4.69, 9.17) is 11.3 Å². The molecule has 1 heterocycles. The van der Waals surface area contributed by atoms with Crippen LogP contribution in [0.5, 0.6) is 5.75 Å². The van der Waals surface area contributed by atoms with E-state index < -0.39 is 0 Å². The van der Waals surface area contributed by atoms with Gasteiger partial charge in [0.25, 0.3) is 0 Å². The average molecular weight is 494 g/mol. The molecule has 37 heavy (non-hydrogen) atoms. The Morgan fingerprint density at radius 3 is 2.11 bits per heavy atom. The highest BCUT2D eigenvalue weighted by Crippen LogP contribution is 2.55. The highest BCUT2D eigenvalue weighted by atomic mass is 32.1. The Kier molecular flexibility index (Phi) is 3.86. The average Bonchev–Trinajstić information content (AvgIpc) is 3.48. The lowest BCUT2D eigenvalue weighted by atomic mass is 9.94. The summed E-state index contributed by atoms with van der Waals surface area (Å²) in [6, 6.07) is 24.1. The van der Waals surface area contributed by atoms with Crippen LogP contribution < -0.4 is 4.74 Å². The van der Waals surface area contributed by atoms with Gasteiger partial charge in [-0.1, -0.05) is 48.5 Å².